The van der Waals surface area contributed by atoms with Crippen molar-refractivity contribution in [2.24, 2.45) is 0 Å². The number of nitrogens with one attached hydrogen (secondary N) is 1. The number of hydrogen-bond acceptors (Lipinski definition) is 5. The number of carbonyl (C=O) groups is 1. The van der Waals surface area contributed by atoms with Crippen LogP contribution in [-0.2, 0) is 0 Å². The smallest absolute Gasteiger partial charge is 0.251 e. The second kappa shape index (κ2) is 9.45. The zero-order valence-electron chi connectivity index (χ0n) is 16.8. The van der Waals surface area contributed by atoms with Crippen molar-refractivity contribution in [3.05, 3.63) is 88.9 Å². The Bertz CT molecular complexity index is 1190. The van der Waals surface area contributed by atoms with Gasteiger partial charge in [0, 0.05) is 21.7 Å². The maximum atomic E-state index is 12.3. The highest BCUT2D eigenvalue weighted by Gasteiger charge is 2.13. The molecular weight excluding hydrogens is 414 g/mol. The zero-order valence-corrected chi connectivity index (χ0v) is 17.6. The topological polar surface area (TPSA) is 77.2 Å². The number of benzene rings is 3. The molecule has 1 N–H and O–H groups in total. The highest BCUT2D eigenvalue weighted by atomic mass is 35.5. The average molecular weight is 434 g/mol. The van der Waals surface area contributed by atoms with Gasteiger partial charge in [0.1, 0.15) is 12.4 Å². The van der Waals surface area contributed by atoms with Crippen molar-refractivity contribution >= 4 is 17.5 Å². The van der Waals surface area contributed by atoms with Gasteiger partial charge in [0.2, 0.25) is 11.8 Å². The lowest BCUT2D eigenvalue weighted by Crippen LogP contribution is -2.28. The van der Waals surface area contributed by atoms with Crippen LogP contribution in [0.2, 0.25) is 5.02 Å². The number of nitrogens with zero attached hydrogens (tertiary/aromatic N) is 2. The van der Waals surface area contributed by atoms with Gasteiger partial charge in [0.05, 0.1) is 6.54 Å². The van der Waals surface area contributed by atoms with Gasteiger partial charge < -0.3 is 14.5 Å². The molecule has 0 aliphatic heterocycles. The van der Waals surface area contributed by atoms with Gasteiger partial charge in [0.15, 0.2) is 0 Å². The molecule has 1 heterocycles. The van der Waals surface area contributed by atoms with Crippen molar-refractivity contribution in [3.8, 4) is 28.7 Å². The van der Waals surface area contributed by atoms with E-state index in [1.54, 1.807) is 36.4 Å². The number of aromatic nitrogens is 2. The Balaban J connectivity index is 1.34. The van der Waals surface area contributed by atoms with Crippen molar-refractivity contribution in [2.45, 2.75) is 6.92 Å². The summed E-state index contributed by atoms with van der Waals surface area (Å²) in [6.45, 7) is 2.71. The molecule has 156 valence electrons. The Morgan fingerprint density at radius 3 is 2.55 bits per heavy atom. The SMILES string of the molecule is Cc1ccccc1-c1nnc(-c2ccc(C(=O)NCCOc3cccc(Cl)c3)cc2)o1. The fourth-order valence-corrected chi connectivity index (χ4v) is 3.20. The average Bonchev–Trinajstić information content (AvgIpc) is 3.27. The van der Waals surface area contributed by atoms with E-state index >= 15 is 0 Å². The first-order valence-corrected chi connectivity index (χ1v) is 10.1. The Kier molecular flexibility index (Phi) is 6.29. The molecule has 0 aliphatic rings. The van der Waals surface area contributed by atoms with Crippen LogP contribution in [0.4, 0.5) is 0 Å². The van der Waals surface area contributed by atoms with Crippen molar-refractivity contribution in [2.75, 3.05) is 13.2 Å². The lowest BCUT2D eigenvalue weighted by Gasteiger charge is -2.08. The number of halogens is 1. The molecule has 0 radical (unpaired) electrons. The first kappa shape index (κ1) is 20.6. The molecule has 7 heteroatoms. The number of ether oxygens (including phenoxy) is 1. The standard InChI is InChI=1S/C24H20ClN3O3/c1-16-5-2-3-8-21(16)24-28-27-23(31-24)18-11-9-17(10-12-18)22(29)26-13-14-30-20-7-4-6-19(25)15-20/h2-12,15H,13-14H2,1H3,(H,26,29). The predicted octanol–water partition coefficient (Wildman–Crippen LogP) is 5.17. The Labute approximate surface area is 184 Å². The number of hydrogen-bond donors (Lipinski definition) is 1. The van der Waals surface area contributed by atoms with Crippen molar-refractivity contribution < 1.29 is 13.9 Å². The zero-order chi connectivity index (χ0) is 21.6. The van der Waals surface area contributed by atoms with Crippen LogP contribution in [0.15, 0.2) is 77.2 Å². The summed E-state index contributed by atoms with van der Waals surface area (Å²) in [7, 11) is 0. The Morgan fingerprint density at radius 2 is 1.77 bits per heavy atom. The summed E-state index contributed by atoms with van der Waals surface area (Å²) in [4.78, 5) is 12.3. The van der Waals surface area contributed by atoms with Crippen molar-refractivity contribution in [1.29, 1.82) is 0 Å². The summed E-state index contributed by atoms with van der Waals surface area (Å²) in [5, 5.41) is 11.7. The summed E-state index contributed by atoms with van der Waals surface area (Å²) in [5.74, 6) is 1.35. The van der Waals surface area contributed by atoms with E-state index in [4.69, 9.17) is 20.8 Å². The van der Waals surface area contributed by atoms with Crippen LogP contribution in [0.3, 0.4) is 0 Å². The predicted molar refractivity (Wildman–Crippen MR) is 119 cm³/mol. The van der Waals surface area contributed by atoms with E-state index in [1.807, 2.05) is 43.3 Å². The van der Waals surface area contributed by atoms with E-state index in [9.17, 15) is 4.79 Å². The molecule has 4 rings (SSSR count). The molecule has 0 aliphatic carbocycles. The van der Waals surface area contributed by atoms with Crippen LogP contribution in [0, 0.1) is 6.92 Å². The quantitative estimate of drug-likeness (QED) is 0.406. The molecule has 0 unspecified atom stereocenters. The first-order valence-electron chi connectivity index (χ1n) is 9.77. The van der Waals surface area contributed by atoms with E-state index in [-0.39, 0.29) is 5.91 Å². The summed E-state index contributed by atoms with van der Waals surface area (Å²) >= 11 is 5.92. The minimum absolute atomic E-state index is 0.188. The van der Waals surface area contributed by atoms with Crippen LogP contribution in [0.5, 0.6) is 5.75 Å². The number of carbonyl (C=O) groups excluding carboxylic acids is 1. The third-order valence-electron chi connectivity index (χ3n) is 4.65. The molecule has 4 aromatic rings. The fraction of sp³-hybridized carbons (Fsp3) is 0.125. The van der Waals surface area contributed by atoms with Crippen molar-refractivity contribution in [3.63, 3.8) is 0 Å². The van der Waals surface area contributed by atoms with E-state index in [2.05, 4.69) is 15.5 Å². The van der Waals surface area contributed by atoms with Crippen LogP contribution in [0.1, 0.15) is 15.9 Å². The van der Waals surface area contributed by atoms with Crippen LogP contribution in [-0.4, -0.2) is 29.3 Å². The molecule has 0 fully saturated rings. The van der Waals surface area contributed by atoms with E-state index < -0.39 is 0 Å². The molecule has 0 saturated carbocycles. The normalized spacial score (nSPS) is 10.6. The molecule has 1 aromatic heterocycles. The van der Waals surface area contributed by atoms with Crippen LogP contribution < -0.4 is 10.1 Å². The van der Waals surface area contributed by atoms with Gasteiger partial charge in [-0.1, -0.05) is 35.9 Å². The minimum Gasteiger partial charge on any atom is -0.492 e. The molecule has 0 bridgehead atoms. The lowest BCUT2D eigenvalue weighted by atomic mass is 10.1. The molecule has 1 amide bonds. The first-order chi connectivity index (χ1) is 15.1. The molecule has 31 heavy (non-hydrogen) atoms. The number of rotatable bonds is 7. The van der Waals surface area contributed by atoms with Crippen LogP contribution in [0.25, 0.3) is 22.9 Å². The highest BCUT2D eigenvalue weighted by molar-refractivity contribution is 6.30. The second-order valence-electron chi connectivity index (χ2n) is 6.87. The van der Waals surface area contributed by atoms with Crippen LogP contribution >= 0.6 is 11.6 Å². The minimum atomic E-state index is -0.188. The molecular formula is C24H20ClN3O3. The molecule has 0 saturated heterocycles. The van der Waals surface area contributed by atoms with E-state index in [0.717, 1.165) is 16.7 Å². The Morgan fingerprint density at radius 1 is 1.00 bits per heavy atom. The molecule has 3 aromatic carbocycles. The summed E-state index contributed by atoms with van der Waals surface area (Å²) in [6, 6.07) is 22.0. The third kappa shape index (κ3) is 5.10. The van der Waals surface area contributed by atoms with Gasteiger partial charge in [-0.3, -0.25) is 4.79 Å². The summed E-state index contributed by atoms with van der Waals surface area (Å²) in [5.41, 5.74) is 3.24. The lowest BCUT2D eigenvalue weighted by molar-refractivity contribution is 0.0947. The number of aryl methyl sites for hydroxylation is 1. The largest absolute Gasteiger partial charge is 0.492 e. The molecule has 0 atom stereocenters. The summed E-state index contributed by atoms with van der Waals surface area (Å²) in [6.07, 6.45) is 0. The third-order valence-corrected chi connectivity index (χ3v) is 4.88. The van der Waals surface area contributed by atoms with Gasteiger partial charge in [-0.2, -0.15) is 0 Å². The maximum Gasteiger partial charge on any atom is 0.251 e. The van der Waals surface area contributed by atoms with E-state index in [0.29, 0.717) is 41.3 Å². The van der Waals surface area contributed by atoms with Gasteiger partial charge >= 0.3 is 0 Å². The summed E-state index contributed by atoms with van der Waals surface area (Å²) < 4.78 is 11.4. The number of amides is 1. The second-order valence-corrected chi connectivity index (χ2v) is 7.30. The van der Waals surface area contributed by atoms with Gasteiger partial charge in [-0.15, -0.1) is 10.2 Å². The van der Waals surface area contributed by atoms with E-state index in [1.165, 1.54) is 0 Å². The van der Waals surface area contributed by atoms with Gasteiger partial charge in [0.25, 0.3) is 5.91 Å². The Hall–Kier alpha value is -3.64. The van der Waals surface area contributed by atoms with Gasteiger partial charge in [-0.05, 0) is 61.0 Å². The highest BCUT2D eigenvalue weighted by Crippen LogP contribution is 2.26. The maximum absolute atomic E-state index is 12.3. The molecule has 0 spiro atoms. The monoisotopic (exact) mass is 433 g/mol. The molecule has 6 nitrogen and oxygen atoms in total. The fourth-order valence-electron chi connectivity index (χ4n) is 3.02. The van der Waals surface area contributed by atoms with Gasteiger partial charge in [-0.25, -0.2) is 0 Å². The van der Waals surface area contributed by atoms with Crippen molar-refractivity contribution in [1.82, 2.24) is 15.5 Å².